The van der Waals surface area contributed by atoms with Gasteiger partial charge in [-0.3, -0.25) is 14.8 Å². The maximum atomic E-state index is 12.9. The third kappa shape index (κ3) is 4.15. The summed E-state index contributed by atoms with van der Waals surface area (Å²) in [6.45, 7) is 0.275. The van der Waals surface area contributed by atoms with Crippen molar-refractivity contribution in [2.45, 2.75) is 12.7 Å². The largest absolute Gasteiger partial charge is 0.436 e. The van der Waals surface area contributed by atoms with Crippen LogP contribution in [0.5, 0.6) is 0 Å². The van der Waals surface area contributed by atoms with Crippen LogP contribution < -0.4 is 5.32 Å². The Balaban J connectivity index is 1.75. The number of alkyl halides is 3. The van der Waals surface area contributed by atoms with E-state index in [0.29, 0.717) is 0 Å². The van der Waals surface area contributed by atoms with Gasteiger partial charge in [-0.1, -0.05) is 12.1 Å². The van der Waals surface area contributed by atoms with Crippen molar-refractivity contribution in [1.29, 1.82) is 0 Å². The minimum atomic E-state index is -4.70. The number of carbonyl (C=O) groups is 1. The molecular formula is C15H11BrF4N6O. The van der Waals surface area contributed by atoms with Crippen LogP contribution in [0.15, 0.2) is 35.1 Å². The second kappa shape index (κ2) is 7.10. The van der Waals surface area contributed by atoms with Gasteiger partial charge in [0, 0.05) is 7.05 Å². The molecule has 1 amide bonds. The van der Waals surface area contributed by atoms with Gasteiger partial charge >= 0.3 is 6.18 Å². The molecule has 3 aromatic rings. The molecule has 0 saturated carbocycles. The number of anilines is 1. The van der Waals surface area contributed by atoms with Crippen LogP contribution in [0.4, 0.5) is 23.5 Å². The highest BCUT2D eigenvalue weighted by molar-refractivity contribution is 9.10. The second-order valence-corrected chi connectivity index (χ2v) is 6.27. The van der Waals surface area contributed by atoms with E-state index in [4.69, 9.17) is 0 Å². The van der Waals surface area contributed by atoms with E-state index >= 15 is 0 Å². The number of aromatic nitrogens is 5. The normalized spacial score (nSPS) is 11.6. The van der Waals surface area contributed by atoms with Crippen molar-refractivity contribution < 1.29 is 22.4 Å². The molecule has 0 bridgehead atoms. The maximum absolute atomic E-state index is 12.9. The molecule has 142 valence electrons. The topological polar surface area (TPSA) is 77.6 Å². The van der Waals surface area contributed by atoms with Gasteiger partial charge in [0.1, 0.15) is 17.8 Å². The van der Waals surface area contributed by atoms with Crippen molar-refractivity contribution in [2.75, 3.05) is 5.32 Å². The second-order valence-electron chi connectivity index (χ2n) is 5.48. The molecule has 0 radical (unpaired) electrons. The monoisotopic (exact) mass is 446 g/mol. The van der Waals surface area contributed by atoms with E-state index in [1.54, 1.807) is 12.1 Å². The average Bonchev–Trinajstić information content (AvgIpc) is 3.13. The van der Waals surface area contributed by atoms with Gasteiger partial charge in [0.15, 0.2) is 5.69 Å². The van der Waals surface area contributed by atoms with E-state index in [1.807, 2.05) is 0 Å². The fourth-order valence-electron chi connectivity index (χ4n) is 2.29. The summed E-state index contributed by atoms with van der Waals surface area (Å²) in [5.74, 6) is -1.32. The average molecular weight is 447 g/mol. The number of nitrogens with zero attached hydrogens (tertiary/aromatic N) is 5. The summed E-state index contributed by atoms with van der Waals surface area (Å²) in [4.78, 5) is 16.2. The van der Waals surface area contributed by atoms with E-state index in [2.05, 4.69) is 36.4 Å². The molecule has 0 atom stereocenters. The first-order valence-corrected chi connectivity index (χ1v) is 8.19. The Labute approximate surface area is 158 Å². The van der Waals surface area contributed by atoms with Crippen LogP contribution >= 0.6 is 15.9 Å². The lowest BCUT2D eigenvalue weighted by atomic mass is 10.2. The third-order valence-corrected chi connectivity index (χ3v) is 4.24. The summed E-state index contributed by atoms with van der Waals surface area (Å²) in [6.07, 6.45) is -3.37. The van der Waals surface area contributed by atoms with Crippen LogP contribution in [0.1, 0.15) is 21.7 Å². The molecule has 0 aliphatic rings. The Morgan fingerprint density at radius 3 is 2.48 bits per heavy atom. The van der Waals surface area contributed by atoms with Crippen LogP contribution in [-0.4, -0.2) is 30.5 Å². The zero-order valence-electron chi connectivity index (χ0n) is 13.6. The SMILES string of the molecule is Cn1nc(C(F)(F)F)c(Br)c1C(=O)Nc1ncn(Cc2ccc(F)cc2)n1. The first kappa shape index (κ1) is 19.0. The number of amides is 1. The maximum Gasteiger partial charge on any atom is 0.436 e. The molecule has 0 unspecified atom stereocenters. The Morgan fingerprint density at radius 1 is 1.22 bits per heavy atom. The first-order valence-electron chi connectivity index (χ1n) is 7.40. The van der Waals surface area contributed by atoms with Crippen molar-refractivity contribution >= 4 is 27.8 Å². The minimum absolute atomic E-state index is 0.0937. The number of hydrogen-bond donors (Lipinski definition) is 1. The molecule has 27 heavy (non-hydrogen) atoms. The van der Waals surface area contributed by atoms with Crippen molar-refractivity contribution in [3.8, 4) is 0 Å². The number of carbonyl (C=O) groups excluding carboxylic acids is 1. The van der Waals surface area contributed by atoms with Gasteiger partial charge in [0.2, 0.25) is 5.95 Å². The zero-order chi connectivity index (χ0) is 19.8. The van der Waals surface area contributed by atoms with Crippen LogP contribution in [0.25, 0.3) is 0 Å². The molecular weight excluding hydrogens is 436 g/mol. The van der Waals surface area contributed by atoms with Gasteiger partial charge in [0.05, 0.1) is 11.0 Å². The first-order chi connectivity index (χ1) is 12.6. The molecule has 2 heterocycles. The Kier molecular flexibility index (Phi) is 5.00. The molecule has 1 N–H and O–H groups in total. The predicted molar refractivity (Wildman–Crippen MR) is 89.4 cm³/mol. The third-order valence-electron chi connectivity index (χ3n) is 3.49. The molecule has 0 saturated heterocycles. The van der Waals surface area contributed by atoms with E-state index < -0.39 is 22.3 Å². The van der Waals surface area contributed by atoms with E-state index in [9.17, 15) is 22.4 Å². The lowest BCUT2D eigenvalue weighted by Gasteiger charge is -2.03. The molecule has 2 aromatic heterocycles. The summed E-state index contributed by atoms with van der Waals surface area (Å²) in [6, 6.07) is 5.74. The highest BCUT2D eigenvalue weighted by Gasteiger charge is 2.39. The molecule has 0 spiro atoms. The van der Waals surface area contributed by atoms with Crippen molar-refractivity contribution in [3.63, 3.8) is 0 Å². The smallest absolute Gasteiger partial charge is 0.288 e. The van der Waals surface area contributed by atoms with Crippen molar-refractivity contribution in [1.82, 2.24) is 24.5 Å². The van der Waals surface area contributed by atoms with Crippen molar-refractivity contribution in [2.24, 2.45) is 7.05 Å². The summed E-state index contributed by atoms with van der Waals surface area (Å²) in [5.41, 5.74) is -0.773. The fourth-order valence-corrected chi connectivity index (χ4v) is 3.03. The van der Waals surface area contributed by atoms with E-state index in [-0.39, 0.29) is 24.0 Å². The minimum Gasteiger partial charge on any atom is -0.288 e. The quantitative estimate of drug-likeness (QED) is 0.624. The molecule has 7 nitrogen and oxygen atoms in total. The van der Waals surface area contributed by atoms with Gasteiger partial charge in [-0.2, -0.15) is 18.3 Å². The highest BCUT2D eigenvalue weighted by atomic mass is 79.9. The van der Waals surface area contributed by atoms with Gasteiger partial charge in [-0.25, -0.2) is 14.1 Å². The molecule has 0 aliphatic carbocycles. The van der Waals surface area contributed by atoms with Gasteiger partial charge in [0.25, 0.3) is 5.91 Å². The number of hydrogen-bond acceptors (Lipinski definition) is 4. The number of nitrogens with one attached hydrogen (secondary N) is 1. The van der Waals surface area contributed by atoms with Crippen LogP contribution in [-0.2, 0) is 19.8 Å². The molecule has 3 rings (SSSR count). The van der Waals surface area contributed by atoms with Gasteiger partial charge < -0.3 is 0 Å². The summed E-state index contributed by atoms with van der Waals surface area (Å²) in [5, 5.41) is 9.66. The number of benzene rings is 1. The summed E-state index contributed by atoms with van der Waals surface area (Å²) in [7, 11) is 1.22. The van der Waals surface area contributed by atoms with Gasteiger partial charge in [-0.05, 0) is 33.6 Å². The van der Waals surface area contributed by atoms with Crippen LogP contribution in [0.3, 0.4) is 0 Å². The highest BCUT2D eigenvalue weighted by Crippen LogP contribution is 2.35. The number of rotatable bonds is 4. The molecule has 1 aromatic carbocycles. The lowest BCUT2D eigenvalue weighted by molar-refractivity contribution is -0.142. The number of aryl methyl sites for hydroxylation is 1. The van der Waals surface area contributed by atoms with E-state index in [1.165, 1.54) is 30.2 Å². The zero-order valence-corrected chi connectivity index (χ0v) is 15.2. The fraction of sp³-hybridized carbons (Fsp3) is 0.200. The standard InChI is InChI=1S/C15H11BrF4N6O/c1-25-11(10(16)12(23-25)15(18,19)20)13(27)22-14-21-7-26(24-14)6-8-2-4-9(17)5-3-8/h2-5,7H,6H2,1H3,(H,22,24,27). The van der Waals surface area contributed by atoms with E-state index in [0.717, 1.165) is 10.2 Å². The number of halogens is 5. The van der Waals surface area contributed by atoms with Crippen LogP contribution in [0, 0.1) is 5.82 Å². The molecule has 12 heteroatoms. The van der Waals surface area contributed by atoms with Crippen LogP contribution in [0.2, 0.25) is 0 Å². The summed E-state index contributed by atoms with van der Waals surface area (Å²) < 4.78 is 53.3. The predicted octanol–water partition coefficient (Wildman–Crippen LogP) is 3.23. The Bertz CT molecular complexity index is 979. The summed E-state index contributed by atoms with van der Waals surface area (Å²) >= 11 is 2.77. The molecule has 0 aliphatic heterocycles. The van der Waals surface area contributed by atoms with Crippen molar-refractivity contribution in [3.05, 3.63) is 57.8 Å². The lowest BCUT2D eigenvalue weighted by Crippen LogP contribution is -2.17. The Morgan fingerprint density at radius 2 is 1.89 bits per heavy atom. The van der Waals surface area contributed by atoms with Gasteiger partial charge in [-0.15, -0.1) is 5.10 Å². The molecule has 0 fully saturated rings. The Hall–Kier alpha value is -2.76.